The van der Waals surface area contributed by atoms with Gasteiger partial charge in [0.25, 0.3) is 5.91 Å². The number of primary amides is 1. The van der Waals surface area contributed by atoms with Crippen molar-refractivity contribution in [3.63, 3.8) is 0 Å². The van der Waals surface area contributed by atoms with Gasteiger partial charge in [0.15, 0.2) is 17.2 Å². The highest BCUT2D eigenvalue weighted by atomic mass is 16.4. The topological polar surface area (TPSA) is 230 Å². The van der Waals surface area contributed by atoms with Crippen molar-refractivity contribution in [2.24, 2.45) is 23.5 Å². The molecule has 3 aliphatic rings. The average Bonchev–Trinajstić information content (AvgIpc) is 2.65. The van der Waals surface area contributed by atoms with Gasteiger partial charge >= 0.3 is 0 Å². The first kappa shape index (κ1) is 21.1. The van der Waals surface area contributed by atoms with E-state index in [0.717, 1.165) is 0 Å². The molecule has 0 aliphatic heterocycles. The molecule has 0 saturated heterocycles. The quantitative estimate of drug-likeness (QED) is 0.111. The zero-order valence-corrected chi connectivity index (χ0v) is 16.5. The molecule has 11 heteroatoms. The van der Waals surface area contributed by atoms with Crippen LogP contribution >= 0.6 is 0 Å². The van der Waals surface area contributed by atoms with Gasteiger partial charge in [-0.1, -0.05) is 0 Å². The van der Waals surface area contributed by atoms with Crippen molar-refractivity contribution in [2.75, 3.05) is 11.5 Å². The highest BCUT2D eigenvalue weighted by Gasteiger charge is 2.66. The molecule has 0 aromatic heterocycles. The van der Waals surface area contributed by atoms with Gasteiger partial charge in [0.1, 0.15) is 23.2 Å². The molecule has 11 N–H and O–H groups in total. The van der Waals surface area contributed by atoms with E-state index in [4.69, 9.17) is 17.2 Å². The molecule has 6 atom stereocenters. The molecular formula is C20H23N3O8. The molecule has 1 fully saturated rings. The number of aromatic hydroxyl groups is 1. The Balaban J connectivity index is 1.96. The fraction of sp³-hybridized carbons (Fsp3) is 0.450. The van der Waals surface area contributed by atoms with E-state index in [2.05, 4.69) is 0 Å². The van der Waals surface area contributed by atoms with Crippen molar-refractivity contribution in [3.8, 4) is 5.75 Å². The number of aliphatic hydroxyl groups is 4. The van der Waals surface area contributed by atoms with Crippen LogP contribution in [0.4, 0.5) is 11.4 Å². The molecule has 31 heavy (non-hydrogen) atoms. The van der Waals surface area contributed by atoms with E-state index in [1.807, 2.05) is 0 Å². The molecular weight excluding hydrogens is 410 g/mol. The van der Waals surface area contributed by atoms with E-state index in [1.54, 1.807) is 0 Å². The van der Waals surface area contributed by atoms with Crippen LogP contribution in [-0.2, 0) is 15.2 Å². The molecule has 0 bridgehead atoms. The van der Waals surface area contributed by atoms with Crippen LogP contribution in [0.25, 0.3) is 0 Å². The highest BCUT2D eigenvalue weighted by Crippen LogP contribution is 2.58. The van der Waals surface area contributed by atoms with E-state index >= 15 is 0 Å². The number of nitrogens with two attached hydrogens (primary N) is 3. The fourth-order valence-electron chi connectivity index (χ4n) is 5.61. The summed E-state index contributed by atoms with van der Waals surface area (Å²) in [6.07, 6.45) is -2.66. The van der Waals surface area contributed by atoms with Crippen LogP contribution in [0, 0.1) is 17.8 Å². The minimum atomic E-state index is -2.54. The normalized spacial score (nSPS) is 37.2. The number of aliphatic hydroxyl groups excluding tert-OH is 2. The molecule has 11 nitrogen and oxygen atoms in total. The fourth-order valence-corrected chi connectivity index (χ4v) is 5.61. The number of anilines is 2. The van der Waals surface area contributed by atoms with Gasteiger partial charge in [0.05, 0.1) is 22.8 Å². The van der Waals surface area contributed by atoms with Gasteiger partial charge in [0, 0.05) is 29.5 Å². The lowest BCUT2D eigenvalue weighted by Gasteiger charge is -2.56. The van der Waals surface area contributed by atoms with Gasteiger partial charge in [-0.25, -0.2) is 0 Å². The van der Waals surface area contributed by atoms with Crippen molar-refractivity contribution in [2.45, 2.75) is 37.1 Å². The number of Topliss-reactive ketones (excluding diaryl/α,β-unsaturated/α-hetero) is 2. The van der Waals surface area contributed by atoms with E-state index in [1.165, 1.54) is 13.0 Å². The van der Waals surface area contributed by atoms with Crippen LogP contribution in [0.15, 0.2) is 17.4 Å². The molecule has 0 radical (unpaired) electrons. The van der Waals surface area contributed by atoms with Crippen LogP contribution < -0.4 is 17.2 Å². The van der Waals surface area contributed by atoms with Gasteiger partial charge < -0.3 is 42.7 Å². The van der Waals surface area contributed by atoms with Crippen LogP contribution in [-0.4, -0.2) is 54.7 Å². The third-order valence-corrected chi connectivity index (χ3v) is 7.10. The third-order valence-electron chi connectivity index (χ3n) is 7.10. The lowest BCUT2D eigenvalue weighted by atomic mass is 9.51. The van der Waals surface area contributed by atoms with Crippen molar-refractivity contribution >= 4 is 28.8 Å². The van der Waals surface area contributed by atoms with Crippen LogP contribution in [0.1, 0.15) is 35.7 Å². The molecule has 4 rings (SSSR count). The molecule has 5 unspecified atom stereocenters. The Hall–Kier alpha value is -3.15. The number of hydrogen-bond donors (Lipinski definition) is 8. The lowest BCUT2D eigenvalue weighted by Crippen LogP contribution is -2.67. The van der Waals surface area contributed by atoms with Crippen molar-refractivity contribution < 1.29 is 39.9 Å². The summed E-state index contributed by atoms with van der Waals surface area (Å²) in [5.41, 5.74) is 10.9. The van der Waals surface area contributed by atoms with E-state index in [0.29, 0.717) is 0 Å². The number of amides is 1. The summed E-state index contributed by atoms with van der Waals surface area (Å²) in [5, 5.41) is 54.7. The molecule has 1 aromatic rings. The SMILES string of the molecule is C[C@@]1(O)c2c(N)cc(N)c(O)c2C(=O)C2C(O)C3(O)C(O)=C(C(N)=O)C(=O)CC3CC21. The molecule has 0 spiro atoms. The van der Waals surface area contributed by atoms with Crippen LogP contribution in [0.3, 0.4) is 0 Å². The first-order valence-electron chi connectivity index (χ1n) is 9.61. The standard InChI is InChI=1S/C20H23N3O8/c1-19(30)6-2-5-3-9(24)11(18(23)29)17(28)20(5,31)16(27)10(6)15(26)12-13(19)7(21)4-8(22)14(12)25/h4-6,10,16,25,27-28,30-31H,2-3,21-22H2,1H3,(H2,23,29)/t5?,6?,10?,16?,19-,20?/m0/s1. The number of hydrogen-bond acceptors (Lipinski definition) is 10. The van der Waals surface area contributed by atoms with Crippen LogP contribution in [0.5, 0.6) is 5.75 Å². The maximum Gasteiger partial charge on any atom is 0.255 e. The van der Waals surface area contributed by atoms with Crippen molar-refractivity contribution in [3.05, 3.63) is 28.5 Å². The molecule has 1 aromatic carbocycles. The average molecular weight is 433 g/mol. The van der Waals surface area contributed by atoms with Crippen LogP contribution in [0.2, 0.25) is 0 Å². The van der Waals surface area contributed by atoms with E-state index in [-0.39, 0.29) is 23.4 Å². The summed E-state index contributed by atoms with van der Waals surface area (Å²) >= 11 is 0. The summed E-state index contributed by atoms with van der Waals surface area (Å²) < 4.78 is 0. The van der Waals surface area contributed by atoms with Gasteiger partial charge in [-0.3, -0.25) is 14.4 Å². The number of rotatable bonds is 1. The number of phenols is 1. The minimum Gasteiger partial charge on any atom is -0.508 e. The second-order valence-electron chi connectivity index (χ2n) is 8.72. The number of carbonyl (C=O) groups excluding carboxylic acids is 3. The van der Waals surface area contributed by atoms with Gasteiger partial charge in [-0.2, -0.15) is 0 Å². The molecule has 0 heterocycles. The Morgan fingerprint density at radius 2 is 1.77 bits per heavy atom. The third kappa shape index (κ3) is 2.42. The molecule has 166 valence electrons. The van der Waals surface area contributed by atoms with Crippen molar-refractivity contribution in [1.82, 2.24) is 0 Å². The van der Waals surface area contributed by atoms with Gasteiger partial charge in [-0.15, -0.1) is 0 Å². The monoisotopic (exact) mass is 433 g/mol. The van der Waals surface area contributed by atoms with Gasteiger partial charge in [-0.05, 0) is 19.4 Å². The number of ketones is 2. The zero-order valence-electron chi connectivity index (χ0n) is 16.5. The summed E-state index contributed by atoms with van der Waals surface area (Å²) in [7, 11) is 0. The number of benzene rings is 1. The number of carbonyl (C=O) groups is 3. The highest BCUT2D eigenvalue weighted by molar-refractivity contribution is 6.20. The summed E-state index contributed by atoms with van der Waals surface area (Å²) in [6.45, 7) is 1.34. The maximum atomic E-state index is 13.4. The second kappa shape index (κ2) is 6.19. The molecule has 1 saturated carbocycles. The Morgan fingerprint density at radius 3 is 2.35 bits per heavy atom. The summed E-state index contributed by atoms with van der Waals surface area (Å²) in [4.78, 5) is 37.4. The smallest absolute Gasteiger partial charge is 0.255 e. The Bertz CT molecular complexity index is 1090. The Morgan fingerprint density at radius 1 is 1.16 bits per heavy atom. The summed E-state index contributed by atoms with van der Waals surface area (Å²) in [5.74, 6) is -8.37. The first-order chi connectivity index (χ1) is 14.3. The minimum absolute atomic E-state index is 0.0455. The Kier molecular flexibility index (Phi) is 4.21. The van der Waals surface area contributed by atoms with Gasteiger partial charge in [0.2, 0.25) is 0 Å². The zero-order chi connectivity index (χ0) is 23.2. The number of phenolic OH excluding ortho intramolecular Hbond substituents is 1. The number of nitrogen functional groups attached to an aromatic ring is 2. The predicted octanol–water partition coefficient (Wildman–Crippen LogP) is -1.43. The second-order valence-corrected chi connectivity index (χ2v) is 8.72. The largest absolute Gasteiger partial charge is 0.508 e. The molecule has 1 amide bonds. The summed E-state index contributed by atoms with van der Waals surface area (Å²) in [6, 6.07) is 1.20. The lowest BCUT2D eigenvalue weighted by molar-refractivity contribution is -0.195. The first-order valence-corrected chi connectivity index (χ1v) is 9.61. The molecule has 3 aliphatic carbocycles. The van der Waals surface area contributed by atoms with E-state index in [9.17, 15) is 39.9 Å². The maximum absolute atomic E-state index is 13.4. The predicted molar refractivity (Wildman–Crippen MR) is 105 cm³/mol. The van der Waals surface area contributed by atoms with Crippen molar-refractivity contribution in [1.29, 1.82) is 0 Å². The number of fused-ring (bicyclic) bond motifs is 3. The Labute approximate surface area is 175 Å². The van der Waals surface area contributed by atoms with E-state index < -0.39 is 81.6 Å².